The first-order chi connectivity index (χ1) is 11.2. The highest BCUT2D eigenvalue weighted by atomic mass is 16.2. The first kappa shape index (κ1) is 13.9. The van der Waals surface area contributed by atoms with Crippen molar-refractivity contribution in [3.63, 3.8) is 0 Å². The van der Waals surface area contributed by atoms with Gasteiger partial charge in [0.25, 0.3) is 5.91 Å². The van der Waals surface area contributed by atoms with E-state index in [1.54, 1.807) is 24.5 Å². The van der Waals surface area contributed by atoms with Gasteiger partial charge in [-0.05, 0) is 55.2 Å². The van der Waals surface area contributed by atoms with Gasteiger partial charge in [0, 0.05) is 41.8 Å². The van der Waals surface area contributed by atoms with Crippen LogP contribution in [-0.2, 0) is 11.2 Å². The number of pyridine rings is 1. The number of carbonyl (C=O) groups is 2. The highest BCUT2D eigenvalue weighted by Crippen LogP contribution is 2.37. The fraction of sp³-hybridized carbons (Fsp3) is 0.278. The summed E-state index contributed by atoms with van der Waals surface area (Å²) in [5.74, 6) is 0.320. The molecule has 2 aromatic rings. The van der Waals surface area contributed by atoms with E-state index in [0.717, 1.165) is 42.7 Å². The van der Waals surface area contributed by atoms with Crippen molar-refractivity contribution < 1.29 is 9.59 Å². The van der Waals surface area contributed by atoms with E-state index in [9.17, 15) is 9.59 Å². The number of anilines is 2. The number of fused-ring (bicyclic) bond motifs is 1. The van der Waals surface area contributed by atoms with Crippen LogP contribution in [0.2, 0.25) is 0 Å². The molecule has 2 aliphatic rings. The van der Waals surface area contributed by atoms with E-state index < -0.39 is 0 Å². The summed E-state index contributed by atoms with van der Waals surface area (Å²) in [6, 6.07) is 9.12. The Morgan fingerprint density at radius 2 is 1.91 bits per heavy atom. The van der Waals surface area contributed by atoms with Crippen LogP contribution >= 0.6 is 0 Å². The maximum Gasteiger partial charge on any atom is 0.255 e. The Labute approximate surface area is 134 Å². The van der Waals surface area contributed by atoms with Gasteiger partial charge in [0.1, 0.15) is 0 Å². The summed E-state index contributed by atoms with van der Waals surface area (Å²) < 4.78 is 0. The fourth-order valence-electron chi connectivity index (χ4n) is 2.97. The molecule has 4 rings (SSSR count). The minimum absolute atomic E-state index is 0.156. The third kappa shape index (κ3) is 2.70. The van der Waals surface area contributed by atoms with Gasteiger partial charge in [0.05, 0.1) is 0 Å². The number of benzene rings is 1. The molecule has 116 valence electrons. The standard InChI is InChI=1S/C18H17N3O2/c22-17(12-5-8-19-9-6-12)20-15-3-4-16-14(11-15)7-10-21(16)18(23)13-1-2-13/h3-6,8-9,11,13H,1-2,7,10H2,(H,20,22). The molecular weight excluding hydrogens is 290 g/mol. The number of aromatic nitrogens is 1. The highest BCUT2D eigenvalue weighted by molar-refractivity contribution is 6.04. The molecule has 1 fully saturated rings. The summed E-state index contributed by atoms with van der Waals surface area (Å²) in [5, 5.41) is 2.90. The van der Waals surface area contributed by atoms with Crippen molar-refractivity contribution in [2.45, 2.75) is 19.3 Å². The highest BCUT2D eigenvalue weighted by Gasteiger charge is 2.36. The maximum absolute atomic E-state index is 12.3. The lowest BCUT2D eigenvalue weighted by Gasteiger charge is -2.17. The molecule has 0 bridgehead atoms. The van der Waals surface area contributed by atoms with Crippen molar-refractivity contribution in [1.29, 1.82) is 0 Å². The number of rotatable bonds is 3. The number of amides is 2. The van der Waals surface area contributed by atoms with Gasteiger partial charge in [-0.2, -0.15) is 0 Å². The molecule has 0 radical (unpaired) electrons. The first-order valence-corrected chi connectivity index (χ1v) is 7.88. The average Bonchev–Trinajstić information content (AvgIpc) is 3.35. The van der Waals surface area contributed by atoms with Gasteiger partial charge in [0.15, 0.2) is 0 Å². The molecule has 0 unspecified atom stereocenters. The van der Waals surface area contributed by atoms with Crippen molar-refractivity contribution in [3.05, 3.63) is 53.9 Å². The van der Waals surface area contributed by atoms with Gasteiger partial charge in [-0.25, -0.2) is 0 Å². The van der Waals surface area contributed by atoms with Crippen LogP contribution in [0.15, 0.2) is 42.7 Å². The van der Waals surface area contributed by atoms with E-state index in [4.69, 9.17) is 0 Å². The molecule has 2 amide bonds. The Morgan fingerprint density at radius 1 is 1.13 bits per heavy atom. The van der Waals surface area contributed by atoms with Crippen molar-refractivity contribution in [3.8, 4) is 0 Å². The first-order valence-electron chi connectivity index (χ1n) is 7.88. The van der Waals surface area contributed by atoms with Crippen molar-refractivity contribution >= 4 is 23.2 Å². The molecule has 2 heterocycles. The second kappa shape index (κ2) is 5.50. The third-order valence-electron chi connectivity index (χ3n) is 4.37. The monoisotopic (exact) mass is 307 g/mol. The number of nitrogens with zero attached hydrogens (tertiary/aromatic N) is 2. The van der Waals surface area contributed by atoms with E-state index in [1.807, 2.05) is 23.1 Å². The minimum Gasteiger partial charge on any atom is -0.322 e. The number of nitrogens with one attached hydrogen (secondary N) is 1. The van der Waals surface area contributed by atoms with Gasteiger partial charge in [-0.1, -0.05) is 0 Å². The lowest BCUT2D eigenvalue weighted by molar-refractivity contribution is -0.119. The van der Waals surface area contributed by atoms with Gasteiger partial charge in [0.2, 0.25) is 5.91 Å². The fourth-order valence-corrected chi connectivity index (χ4v) is 2.97. The van der Waals surface area contributed by atoms with Crippen LogP contribution in [0.5, 0.6) is 0 Å². The van der Waals surface area contributed by atoms with E-state index in [-0.39, 0.29) is 17.7 Å². The molecular formula is C18H17N3O2. The SMILES string of the molecule is O=C(Nc1ccc2c(c1)CCN2C(=O)C1CC1)c1ccncc1. The lowest BCUT2D eigenvalue weighted by Crippen LogP contribution is -2.30. The van der Waals surface area contributed by atoms with Gasteiger partial charge in [-0.15, -0.1) is 0 Å². The minimum atomic E-state index is -0.156. The molecule has 1 N–H and O–H groups in total. The van der Waals surface area contributed by atoms with Crippen LogP contribution in [0.25, 0.3) is 0 Å². The molecule has 1 saturated carbocycles. The summed E-state index contributed by atoms with van der Waals surface area (Å²) in [5.41, 5.74) is 3.44. The zero-order valence-corrected chi connectivity index (χ0v) is 12.7. The molecule has 23 heavy (non-hydrogen) atoms. The number of hydrogen-bond acceptors (Lipinski definition) is 3. The Kier molecular flexibility index (Phi) is 3.33. The van der Waals surface area contributed by atoms with Crippen molar-refractivity contribution in [1.82, 2.24) is 4.98 Å². The van der Waals surface area contributed by atoms with Crippen LogP contribution in [0.3, 0.4) is 0 Å². The van der Waals surface area contributed by atoms with E-state index >= 15 is 0 Å². The molecule has 1 aliphatic carbocycles. The third-order valence-corrected chi connectivity index (χ3v) is 4.37. The van der Waals surface area contributed by atoms with E-state index in [1.165, 1.54) is 0 Å². The van der Waals surface area contributed by atoms with Crippen LogP contribution < -0.4 is 10.2 Å². The summed E-state index contributed by atoms with van der Waals surface area (Å²) in [6.07, 6.45) is 6.07. The summed E-state index contributed by atoms with van der Waals surface area (Å²) >= 11 is 0. The maximum atomic E-state index is 12.3. The number of carbonyl (C=O) groups excluding carboxylic acids is 2. The normalized spacial score (nSPS) is 16.1. The van der Waals surface area contributed by atoms with E-state index in [2.05, 4.69) is 10.3 Å². The molecule has 5 heteroatoms. The Balaban J connectivity index is 1.52. The molecule has 0 saturated heterocycles. The zero-order valence-electron chi connectivity index (χ0n) is 12.7. The lowest BCUT2D eigenvalue weighted by atomic mass is 10.1. The van der Waals surface area contributed by atoms with Gasteiger partial charge in [-0.3, -0.25) is 14.6 Å². The van der Waals surface area contributed by atoms with Crippen LogP contribution in [0.4, 0.5) is 11.4 Å². The smallest absolute Gasteiger partial charge is 0.255 e. The summed E-state index contributed by atoms with van der Waals surface area (Å²) in [4.78, 5) is 30.2. The average molecular weight is 307 g/mol. The van der Waals surface area contributed by atoms with E-state index in [0.29, 0.717) is 5.56 Å². The molecule has 5 nitrogen and oxygen atoms in total. The summed E-state index contributed by atoms with van der Waals surface area (Å²) in [7, 11) is 0. The summed E-state index contributed by atoms with van der Waals surface area (Å²) in [6.45, 7) is 0.742. The van der Waals surface area contributed by atoms with Crippen LogP contribution in [-0.4, -0.2) is 23.3 Å². The molecule has 1 aromatic carbocycles. The second-order valence-corrected chi connectivity index (χ2v) is 6.05. The molecule has 1 aromatic heterocycles. The Morgan fingerprint density at radius 3 is 2.65 bits per heavy atom. The Hall–Kier alpha value is -2.69. The topological polar surface area (TPSA) is 62.3 Å². The number of hydrogen-bond donors (Lipinski definition) is 1. The van der Waals surface area contributed by atoms with Crippen molar-refractivity contribution in [2.24, 2.45) is 5.92 Å². The molecule has 0 atom stereocenters. The largest absolute Gasteiger partial charge is 0.322 e. The quantitative estimate of drug-likeness (QED) is 0.948. The van der Waals surface area contributed by atoms with Crippen LogP contribution in [0, 0.1) is 5.92 Å². The molecule has 0 spiro atoms. The van der Waals surface area contributed by atoms with Gasteiger partial charge >= 0.3 is 0 Å². The van der Waals surface area contributed by atoms with Crippen molar-refractivity contribution in [2.75, 3.05) is 16.8 Å². The van der Waals surface area contributed by atoms with Crippen LogP contribution in [0.1, 0.15) is 28.8 Å². The second-order valence-electron chi connectivity index (χ2n) is 6.05. The molecule has 1 aliphatic heterocycles. The van der Waals surface area contributed by atoms with Gasteiger partial charge < -0.3 is 10.2 Å². The zero-order chi connectivity index (χ0) is 15.8. The Bertz CT molecular complexity index is 769. The predicted molar refractivity (Wildman–Crippen MR) is 87.4 cm³/mol. The predicted octanol–water partition coefficient (Wildman–Crippen LogP) is 2.63.